The molecule has 1 aromatic heterocycles. The van der Waals surface area contributed by atoms with Gasteiger partial charge in [-0.05, 0) is 55.9 Å². The van der Waals surface area contributed by atoms with Gasteiger partial charge in [0.2, 0.25) is 10.0 Å². The molecule has 7 nitrogen and oxygen atoms in total. The topological polar surface area (TPSA) is 73.8 Å². The molecule has 3 rings (SSSR count). The molecule has 36 heavy (non-hydrogen) atoms. The lowest BCUT2D eigenvalue weighted by Crippen LogP contribution is -2.38. The molecule has 0 spiro atoms. The van der Waals surface area contributed by atoms with Crippen molar-refractivity contribution in [2.24, 2.45) is 0 Å². The first-order valence-electron chi connectivity index (χ1n) is 11.9. The molecule has 0 unspecified atom stereocenters. The summed E-state index contributed by atoms with van der Waals surface area (Å²) in [6.07, 6.45) is 1.67. The predicted octanol–water partition coefficient (Wildman–Crippen LogP) is 5.27. The Morgan fingerprint density at radius 1 is 1.00 bits per heavy atom. The van der Waals surface area contributed by atoms with Gasteiger partial charge in [-0.2, -0.15) is 0 Å². The lowest BCUT2D eigenvalue weighted by Gasteiger charge is -2.25. The van der Waals surface area contributed by atoms with Crippen LogP contribution in [0, 0.1) is 5.82 Å². The van der Waals surface area contributed by atoms with E-state index in [4.69, 9.17) is 0 Å². The van der Waals surface area contributed by atoms with Crippen molar-refractivity contribution in [1.29, 1.82) is 0 Å². The quantitative estimate of drug-likeness (QED) is 0.304. The molecule has 198 valence electrons. The average molecular weight is 557 g/mol. The second-order valence-corrected chi connectivity index (χ2v) is 11.3. The normalized spacial score (nSPS) is 11.8. The van der Waals surface area contributed by atoms with Crippen LogP contribution in [0.4, 0.5) is 9.52 Å². The zero-order valence-corrected chi connectivity index (χ0v) is 23.6. The van der Waals surface area contributed by atoms with Gasteiger partial charge in [0.1, 0.15) is 11.3 Å². The standard InChI is InChI=1S/C25H33FN4O3S2.ClH/c1-5-8-16-28(4)35(32,33)20-14-12-19(13-15-20)24(31)30(18-17-29(6-2)7-3)25-27-23-21(26)10-9-11-22(23)34-25;/h9-15H,5-8,16-18H2,1-4H3;1H. The number of fused-ring (bicyclic) bond motifs is 1. The minimum Gasteiger partial charge on any atom is -0.302 e. The Kier molecular flexibility index (Phi) is 11.2. The zero-order valence-electron chi connectivity index (χ0n) is 21.1. The van der Waals surface area contributed by atoms with Gasteiger partial charge in [-0.1, -0.05) is 44.6 Å². The van der Waals surface area contributed by atoms with Crippen LogP contribution in [-0.4, -0.2) is 68.3 Å². The van der Waals surface area contributed by atoms with Crippen LogP contribution in [0.1, 0.15) is 44.0 Å². The molecule has 0 atom stereocenters. The number of unbranched alkanes of at least 4 members (excludes halogenated alkanes) is 1. The second-order valence-electron chi connectivity index (χ2n) is 8.27. The molecule has 0 aliphatic rings. The molecule has 1 heterocycles. The summed E-state index contributed by atoms with van der Waals surface area (Å²) in [5.41, 5.74) is 0.587. The molecule has 2 aromatic carbocycles. The third kappa shape index (κ3) is 6.80. The summed E-state index contributed by atoms with van der Waals surface area (Å²) in [5, 5.41) is 0.415. The average Bonchev–Trinajstić information content (AvgIpc) is 3.30. The van der Waals surface area contributed by atoms with Gasteiger partial charge in [-0.25, -0.2) is 22.1 Å². The fourth-order valence-corrected chi connectivity index (χ4v) is 5.90. The number of benzene rings is 2. The molecule has 0 aliphatic heterocycles. The van der Waals surface area contributed by atoms with Crippen LogP contribution in [0.5, 0.6) is 0 Å². The van der Waals surface area contributed by atoms with Crippen LogP contribution in [0.3, 0.4) is 0 Å². The van der Waals surface area contributed by atoms with Gasteiger partial charge in [0.05, 0.1) is 9.60 Å². The maximum Gasteiger partial charge on any atom is 0.260 e. The molecule has 0 saturated heterocycles. The van der Waals surface area contributed by atoms with Gasteiger partial charge >= 0.3 is 0 Å². The molecule has 0 bridgehead atoms. The Morgan fingerprint density at radius 2 is 1.67 bits per heavy atom. The van der Waals surface area contributed by atoms with Crippen LogP contribution >= 0.6 is 23.7 Å². The highest BCUT2D eigenvalue weighted by Crippen LogP contribution is 2.31. The van der Waals surface area contributed by atoms with Gasteiger partial charge in [-0.3, -0.25) is 9.69 Å². The van der Waals surface area contributed by atoms with Crippen molar-refractivity contribution in [2.45, 2.75) is 38.5 Å². The molecule has 3 aromatic rings. The summed E-state index contributed by atoms with van der Waals surface area (Å²) in [7, 11) is -2.07. The van der Waals surface area contributed by atoms with Gasteiger partial charge in [0.15, 0.2) is 5.13 Å². The first kappa shape index (κ1) is 30.1. The van der Waals surface area contributed by atoms with E-state index >= 15 is 0 Å². The highest BCUT2D eigenvalue weighted by molar-refractivity contribution is 7.89. The molecule has 11 heteroatoms. The van der Waals surface area contributed by atoms with Crippen molar-refractivity contribution in [3.05, 3.63) is 53.8 Å². The summed E-state index contributed by atoms with van der Waals surface area (Å²) < 4.78 is 41.9. The predicted molar refractivity (Wildman–Crippen MR) is 147 cm³/mol. The van der Waals surface area contributed by atoms with E-state index in [2.05, 4.69) is 23.7 Å². The summed E-state index contributed by atoms with van der Waals surface area (Å²) in [4.78, 5) is 21.9. The number of carbonyl (C=O) groups excluding carboxylic acids is 1. The number of thiazole rings is 1. The molecular weight excluding hydrogens is 523 g/mol. The Morgan fingerprint density at radius 3 is 2.25 bits per heavy atom. The van der Waals surface area contributed by atoms with Gasteiger partial charge in [0.25, 0.3) is 5.91 Å². The molecule has 0 aliphatic carbocycles. The van der Waals surface area contributed by atoms with Crippen LogP contribution < -0.4 is 4.90 Å². The highest BCUT2D eigenvalue weighted by atomic mass is 35.5. The number of hydrogen-bond acceptors (Lipinski definition) is 6. The third-order valence-electron chi connectivity index (χ3n) is 6.00. The zero-order chi connectivity index (χ0) is 25.6. The molecule has 0 radical (unpaired) electrons. The number of aromatic nitrogens is 1. The number of sulfonamides is 1. The number of halogens is 2. The monoisotopic (exact) mass is 556 g/mol. The molecular formula is C25H34ClFN4O3S2. The van der Waals surface area contributed by atoms with E-state index in [0.29, 0.717) is 35.0 Å². The SMILES string of the molecule is CCCCN(C)S(=O)(=O)c1ccc(C(=O)N(CCN(CC)CC)c2nc3c(F)cccc3s2)cc1.Cl. The second kappa shape index (κ2) is 13.4. The summed E-state index contributed by atoms with van der Waals surface area (Å²) >= 11 is 1.26. The molecule has 1 amide bonds. The molecule has 0 saturated carbocycles. The summed E-state index contributed by atoms with van der Waals surface area (Å²) in [6.45, 7) is 9.24. The lowest BCUT2D eigenvalue weighted by atomic mass is 10.2. The Bertz CT molecular complexity index is 1250. The minimum atomic E-state index is -3.63. The number of anilines is 1. The smallest absolute Gasteiger partial charge is 0.260 e. The maximum atomic E-state index is 14.3. The van der Waals surface area contributed by atoms with Gasteiger partial charge in [0, 0.05) is 32.2 Å². The summed E-state index contributed by atoms with van der Waals surface area (Å²) in [5.74, 6) is -0.734. The van der Waals surface area contributed by atoms with E-state index in [0.717, 1.165) is 25.9 Å². The van der Waals surface area contributed by atoms with Crippen molar-refractivity contribution in [3.63, 3.8) is 0 Å². The van der Waals surface area contributed by atoms with E-state index in [-0.39, 0.29) is 28.7 Å². The minimum absolute atomic E-state index is 0. The largest absolute Gasteiger partial charge is 0.302 e. The first-order chi connectivity index (χ1) is 16.7. The molecule has 0 fully saturated rings. The highest BCUT2D eigenvalue weighted by Gasteiger charge is 2.25. The number of para-hydroxylation sites is 1. The fraction of sp³-hybridized carbons (Fsp3) is 0.440. The number of hydrogen-bond donors (Lipinski definition) is 0. The third-order valence-corrected chi connectivity index (χ3v) is 8.92. The van der Waals surface area contributed by atoms with Crippen LogP contribution in [-0.2, 0) is 10.0 Å². The van der Waals surface area contributed by atoms with E-state index < -0.39 is 15.8 Å². The van der Waals surface area contributed by atoms with E-state index in [1.165, 1.54) is 46.0 Å². The Labute approximate surface area is 223 Å². The van der Waals surface area contributed by atoms with Crippen LogP contribution in [0.15, 0.2) is 47.4 Å². The van der Waals surface area contributed by atoms with Crippen molar-refractivity contribution < 1.29 is 17.6 Å². The molecule has 0 N–H and O–H groups in total. The fourth-order valence-electron chi connectivity index (χ4n) is 3.69. The van der Waals surface area contributed by atoms with E-state index in [9.17, 15) is 17.6 Å². The number of likely N-dealkylation sites (N-methyl/N-ethyl adjacent to an activating group) is 1. The van der Waals surface area contributed by atoms with Crippen molar-refractivity contribution >= 4 is 55.0 Å². The lowest BCUT2D eigenvalue weighted by molar-refractivity contribution is 0.0983. The number of carbonyl (C=O) groups is 1. The van der Waals surface area contributed by atoms with Gasteiger partial charge in [-0.15, -0.1) is 12.4 Å². The van der Waals surface area contributed by atoms with Crippen molar-refractivity contribution in [2.75, 3.05) is 44.7 Å². The Hall–Kier alpha value is -2.11. The number of rotatable bonds is 12. The van der Waals surface area contributed by atoms with E-state index in [1.807, 2.05) is 6.92 Å². The first-order valence-corrected chi connectivity index (χ1v) is 14.1. The van der Waals surface area contributed by atoms with Crippen LogP contribution in [0.25, 0.3) is 10.2 Å². The van der Waals surface area contributed by atoms with Crippen LogP contribution in [0.2, 0.25) is 0 Å². The summed E-state index contributed by atoms with van der Waals surface area (Å²) in [6, 6.07) is 10.7. The maximum absolute atomic E-state index is 14.3. The van der Waals surface area contributed by atoms with Gasteiger partial charge < -0.3 is 4.90 Å². The number of nitrogens with zero attached hydrogens (tertiary/aromatic N) is 4. The number of amides is 1. The van der Waals surface area contributed by atoms with E-state index in [1.54, 1.807) is 24.1 Å². The Balaban J connectivity index is 0.00000456. The van der Waals surface area contributed by atoms with Crippen molar-refractivity contribution in [3.8, 4) is 0 Å². The van der Waals surface area contributed by atoms with Crippen molar-refractivity contribution in [1.82, 2.24) is 14.2 Å².